The molecule has 0 aliphatic heterocycles. The summed E-state index contributed by atoms with van der Waals surface area (Å²) >= 11 is 0. The molecule has 0 spiro atoms. The van der Waals surface area contributed by atoms with Gasteiger partial charge in [0.25, 0.3) is 0 Å². The number of allylic oxidation sites excluding steroid dienone is 14. The van der Waals surface area contributed by atoms with Gasteiger partial charge in [0, 0.05) is 0 Å². The van der Waals surface area contributed by atoms with E-state index in [2.05, 4.69) is 112 Å². The summed E-state index contributed by atoms with van der Waals surface area (Å²) in [5.41, 5.74) is 0. The van der Waals surface area contributed by atoms with Crippen LogP contribution in [-0.4, -0.2) is 16.1 Å². The molecule has 0 bridgehead atoms. The van der Waals surface area contributed by atoms with E-state index in [1.165, 1.54) is 10.4 Å². The van der Waals surface area contributed by atoms with Crippen LogP contribution in [0.15, 0.2) is 123 Å². The summed E-state index contributed by atoms with van der Waals surface area (Å²) in [6.45, 7) is 24.2. The molecule has 2 heteroatoms. The van der Waals surface area contributed by atoms with E-state index in [1.807, 2.05) is 0 Å². The van der Waals surface area contributed by atoms with E-state index in [0.717, 1.165) is 36.3 Å². The molecule has 0 fully saturated rings. The molecule has 1 aliphatic carbocycles. The molecule has 0 atom stereocenters. The van der Waals surface area contributed by atoms with Crippen LogP contribution in [0.4, 0.5) is 0 Å². The van der Waals surface area contributed by atoms with Gasteiger partial charge in [-0.2, -0.15) is 0 Å². The second-order valence-corrected chi connectivity index (χ2v) is 16.2. The number of rotatable bonds is 14. The Balaban J connectivity index is 3.56. The Hall–Kier alpha value is -2.17. The highest BCUT2D eigenvalue weighted by atomic mass is 28.3. The van der Waals surface area contributed by atoms with Crippen molar-refractivity contribution in [1.82, 2.24) is 0 Å². The molecule has 0 saturated heterocycles. The minimum atomic E-state index is -1.80. The van der Waals surface area contributed by atoms with Crippen molar-refractivity contribution in [3.8, 4) is 0 Å². The molecule has 1 aliphatic rings. The highest BCUT2D eigenvalue weighted by Crippen LogP contribution is 2.35. The Morgan fingerprint density at radius 1 is 0.500 bits per heavy atom. The summed E-state index contributed by atoms with van der Waals surface area (Å²) in [5.74, 6) is 0. The van der Waals surface area contributed by atoms with Crippen LogP contribution < -0.4 is 0 Å². The van der Waals surface area contributed by atoms with Crippen LogP contribution in [0.5, 0.6) is 0 Å². The first-order valence-corrected chi connectivity index (χ1v) is 15.3. The predicted molar refractivity (Wildman–Crippen MR) is 136 cm³/mol. The molecule has 148 valence electrons. The van der Waals surface area contributed by atoms with Gasteiger partial charge in [-0.05, 0) is 36.3 Å². The molecular weight excluding hydrogens is 368 g/mol. The molecule has 0 radical (unpaired) electrons. The lowest BCUT2D eigenvalue weighted by Gasteiger charge is -2.32. The van der Waals surface area contributed by atoms with E-state index in [-0.39, 0.29) is 0 Å². The maximum absolute atomic E-state index is 4.03. The van der Waals surface area contributed by atoms with Gasteiger partial charge in [-0.1, -0.05) is 83.3 Å². The van der Waals surface area contributed by atoms with E-state index in [1.54, 1.807) is 0 Å². The summed E-state index contributed by atoms with van der Waals surface area (Å²) in [7, 11) is -3.59. The minimum Gasteiger partial charge on any atom is -0.103 e. The molecule has 0 saturated carbocycles. The van der Waals surface area contributed by atoms with Gasteiger partial charge in [0.1, 0.15) is 0 Å². The molecule has 0 amide bonds. The quantitative estimate of drug-likeness (QED) is 0.203. The van der Waals surface area contributed by atoms with Gasteiger partial charge < -0.3 is 0 Å². The SMILES string of the molecule is C=CC[Si](CC=C)(CC=C)C1=C/C=C([Si](CC=C)(CC=C)CC=C)\C=C/C=C1. The first kappa shape index (κ1) is 23.9. The van der Waals surface area contributed by atoms with Crippen LogP contribution in [0.25, 0.3) is 0 Å². The maximum atomic E-state index is 4.03. The highest BCUT2D eigenvalue weighted by Gasteiger charge is 2.34. The normalized spacial score (nSPS) is 17.1. The highest BCUT2D eigenvalue weighted by molar-refractivity contribution is 6.89. The van der Waals surface area contributed by atoms with Gasteiger partial charge in [0.15, 0.2) is 0 Å². The lowest BCUT2D eigenvalue weighted by Crippen LogP contribution is -2.36. The molecular formula is C26H36Si2. The van der Waals surface area contributed by atoms with Crippen molar-refractivity contribution in [2.75, 3.05) is 0 Å². The fourth-order valence-electron chi connectivity index (χ4n) is 4.18. The van der Waals surface area contributed by atoms with Crippen LogP contribution in [-0.2, 0) is 0 Å². The summed E-state index contributed by atoms with van der Waals surface area (Å²) < 4.78 is 0. The second kappa shape index (κ2) is 12.3. The zero-order chi connectivity index (χ0) is 20.9. The third-order valence-electron chi connectivity index (χ3n) is 5.54. The molecule has 1 rings (SSSR count). The molecule has 0 nitrogen and oxygen atoms in total. The van der Waals surface area contributed by atoms with E-state index in [4.69, 9.17) is 0 Å². The average Bonchev–Trinajstić information content (AvgIpc) is 2.62. The zero-order valence-electron chi connectivity index (χ0n) is 17.4. The van der Waals surface area contributed by atoms with Gasteiger partial charge in [0.2, 0.25) is 0 Å². The van der Waals surface area contributed by atoms with Gasteiger partial charge >= 0.3 is 0 Å². The van der Waals surface area contributed by atoms with Crippen LogP contribution in [0.3, 0.4) is 0 Å². The Labute approximate surface area is 175 Å². The standard InChI is InChI=1S/C26H36Si2/c1-7-19-27(20-8-2,21-9-3)25-15-13-14-16-26(18-17-25)28(22-10-4,23-11-5)24-12-6/h7-18H,1-6,19-24H2/b14-13?,15-13-,16-14?,18-17?,25-15?,25-17+,26-16?,26-18?. The van der Waals surface area contributed by atoms with Crippen molar-refractivity contribution in [3.63, 3.8) is 0 Å². The second-order valence-electron chi connectivity index (χ2n) is 7.48. The molecule has 0 N–H and O–H groups in total. The van der Waals surface area contributed by atoms with Gasteiger partial charge in [0.05, 0.1) is 16.1 Å². The monoisotopic (exact) mass is 404 g/mol. The van der Waals surface area contributed by atoms with Crippen LogP contribution in [0.2, 0.25) is 36.3 Å². The third-order valence-corrected chi connectivity index (χ3v) is 15.1. The van der Waals surface area contributed by atoms with Crippen molar-refractivity contribution in [3.05, 3.63) is 123 Å². The predicted octanol–water partition coefficient (Wildman–Crippen LogP) is 8.06. The Kier molecular flexibility index (Phi) is 10.5. The van der Waals surface area contributed by atoms with Crippen molar-refractivity contribution in [2.45, 2.75) is 36.3 Å². The van der Waals surface area contributed by atoms with Crippen LogP contribution in [0.1, 0.15) is 0 Å². The topological polar surface area (TPSA) is 0 Å². The summed E-state index contributed by atoms with van der Waals surface area (Å²) in [5, 5.41) is 2.88. The Bertz CT molecular complexity index is 598. The van der Waals surface area contributed by atoms with Crippen molar-refractivity contribution >= 4 is 16.1 Å². The van der Waals surface area contributed by atoms with Crippen molar-refractivity contribution in [1.29, 1.82) is 0 Å². The summed E-state index contributed by atoms with van der Waals surface area (Å²) in [6, 6.07) is 6.18. The maximum Gasteiger partial charge on any atom is 0.0977 e. The summed E-state index contributed by atoms with van der Waals surface area (Å²) in [4.78, 5) is 0. The van der Waals surface area contributed by atoms with Gasteiger partial charge in [-0.15, -0.1) is 39.5 Å². The molecule has 28 heavy (non-hydrogen) atoms. The third kappa shape index (κ3) is 5.92. The van der Waals surface area contributed by atoms with Crippen molar-refractivity contribution in [2.24, 2.45) is 0 Å². The molecule has 0 aromatic carbocycles. The van der Waals surface area contributed by atoms with Crippen LogP contribution >= 0.6 is 0 Å². The molecule has 0 unspecified atom stereocenters. The number of hydrogen-bond donors (Lipinski definition) is 0. The van der Waals surface area contributed by atoms with Gasteiger partial charge in [-0.25, -0.2) is 0 Å². The number of hydrogen-bond acceptors (Lipinski definition) is 0. The van der Waals surface area contributed by atoms with E-state index >= 15 is 0 Å². The van der Waals surface area contributed by atoms with Gasteiger partial charge in [-0.3, -0.25) is 0 Å². The molecule has 0 heterocycles. The van der Waals surface area contributed by atoms with E-state index in [9.17, 15) is 0 Å². The Morgan fingerprint density at radius 3 is 0.964 bits per heavy atom. The summed E-state index contributed by atoms with van der Waals surface area (Å²) in [6.07, 6.45) is 26.1. The largest absolute Gasteiger partial charge is 0.103 e. The molecule has 0 aromatic rings. The molecule has 0 aromatic heterocycles. The average molecular weight is 405 g/mol. The van der Waals surface area contributed by atoms with Crippen LogP contribution in [0, 0.1) is 0 Å². The minimum absolute atomic E-state index is 1.03. The van der Waals surface area contributed by atoms with E-state index in [0.29, 0.717) is 0 Å². The zero-order valence-corrected chi connectivity index (χ0v) is 19.4. The van der Waals surface area contributed by atoms with Crippen molar-refractivity contribution < 1.29 is 0 Å². The first-order valence-electron chi connectivity index (χ1n) is 10.0. The smallest absolute Gasteiger partial charge is 0.0977 e. The lowest BCUT2D eigenvalue weighted by atomic mass is 10.3. The van der Waals surface area contributed by atoms with E-state index < -0.39 is 16.1 Å². The lowest BCUT2D eigenvalue weighted by molar-refractivity contribution is 1.34. The Morgan fingerprint density at radius 2 is 0.750 bits per heavy atom. The fraction of sp³-hybridized carbons (Fsp3) is 0.231. The first-order chi connectivity index (χ1) is 13.6. The fourth-order valence-corrected chi connectivity index (χ4v) is 11.7.